The molecule has 2 N–H and O–H groups in total. The third-order valence-corrected chi connectivity index (χ3v) is 3.62. The van der Waals surface area contributed by atoms with Crippen LogP contribution in [0.25, 0.3) is 0 Å². The van der Waals surface area contributed by atoms with Crippen LogP contribution in [0, 0.1) is 17.7 Å². The van der Waals surface area contributed by atoms with E-state index in [-0.39, 0.29) is 5.69 Å². The molecule has 0 aromatic heterocycles. The van der Waals surface area contributed by atoms with Gasteiger partial charge in [0.15, 0.2) is 0 Å². The molecule has 5 nitrogen and oxygen atoms in total. The van der Waals surface area contributed by atoms with Crippen LogP contribution in [0.1, 0.15) is 0 Å². The summed E-state index contributed by atoms with van der Waals surface area (Å²) in [5.74, 6) is -3.97. The summed E-state index contributed by atoms with van der Waals surface area (Å²) in [4.78, 5) is 23.5. The Morgan fingerprint density at radius 1 is 1.15 bits per heavy atom. The number of fused-ring (bicyclic) bond motifs is 2. The summed E-state index contributed by atoms with van der Waals surface area (Å²) in [6.07, 6.45) is 2.17. The number of hydrogen-bond donors (Lipinski definition) is 2. The first-order valence-electron chi connectivity index (χ1n) is 6.20. The molecule has 1 amide bonds. The molecule has 3 rings (SSSR count). The molecule has 4 atom stereocenters. The van der Waals surface area contributed by atoms with E-state index in [1.54, 1.807) is 18.2 Å². The molecule has 1 aromatic rings. The van der Waals surface area contributed by atoms with Gasteiger partial charge in [-0.15, -0.1) is 0 Å². The molecule has 0 spiro atoms. The molecule has 0 radical (unpaired) electrons. The summed E-state index contributed by atoms with van der Waals surface area (Å²) < 4.78 is 18.9. The van der Waals surface area contributed by atoms with E-state index in [4.69, 9.17) is 4.74 Å². The van der Waals surface area contributed by atoms with Crippen LogP contribution in [0.5, 0.6) is 0 Å². The molecule has 2 bridgehead atoms. The maximum Gasteiger partial charge on any atom is 0.310 e. The van der Waals surface area contributed by atoms with Crippen molar-refractivity contribution < 1.29 is 23.8 Å². The molecule has 1 saturated heterocycles. The smallest absolute Gasteiger partial charge is 0.310 e. The number of rotatable bonds is 3. The highest BCUT2D eigenvalue weighted by Crippen LogP contribution is 2.39. The van der Waals surface area contributed by atoms with Gasteiger partial charge in [-0.25, -0.2) is 4.39 Å². The number of ether oxygens (including phenoxy) is 1. The molecule has 1 fully saturated rings. The zero-order valence-corrected chi connectivity index (χ0v) is 10.3. The number of nitrogens with one attached hydrogen (secondary N) is 1. The first-order chi connectivity index (χ1) is 9.58. The Morgan fingerprint density at radius 2 is 1.80 bits per heavy atom. The maximum atomic E-state index is 13.5. The van der Waals surface area contributed by atoms with Gasteiger partial charge in [0, 0.05) is 0 Å². The second-order valence-electron chi connectivity index (χ2n) is 4.81. The Balaban J connectivity index is 1.82. The number of hydrogen-bond acceptors (Lipinski definition) is 3. The van der Waals surface area contributed by atoms with Crippen molar-refractivity contribution in [2.24, 2.45) is 11.8 Å². The van der Waals surface area contributed by atoms with E-state index in [0.29, 0.717) is 0 Å². The molecular formula is C14H12FNO4. The molecule has 1 aromatic carbocycles. The number of amides is 1. The fraction of sp³-hybridized carbons (Fsp3) is 0.286. The molecular weight excluding hydrogens is 265 g/mol. The Kier molecular flexibility index (Phi) is 3.02. The molecule has 6 heteroatoms. The van der Waals surface area contributed by atoms with Crippen molar-refractivity contribution in [3.63, 3.8) is 0 Å². The van der Waals surface area contributed by atoms with Gasteiger partial charge < -0.3 is 15.2 Å². The third-order valence-electron chi connectivity index (χ3n) is 3.62. The summed E-state index contributed by atoms with van der Waals surface area (Å²) in [5, 5.41) is 11.6. The van der Waals surface area contributed by atoms with E-state index < -0.39 is 41.7 Å². The zero-order valence-electron chi connectivity index (χ0n) is 10.3. The lowest BCUT2D eigenvalue weighted by Gasteiger charge is -2.21. The summed E-state index contributed by atoms with van der Waals surface area (Å²) in [5.41, 5.74) is 0.0355. The number of carbonyl (C=O) groups is 2. The van der Waals surface area contributed by atoms with E-state index in [0.717, 1.165) is 0 Å². The summed E-state index contributed by atoms with van der Waals surface area (Å²) >= 11 is 0. The van der Waals surface area contributed by atoms with Gasteiger partial charge in [-0.2, -0.15) is 0 Å². The summed E-state index contributed by atoms with van der Waals surface area (Å²) in [6, 6.07) is 5.74. The Morgan fingerprint density at radius 3 is 2.45 bits per heavy atom. The third kappa shape index (κ3) is 1.98. The Bertz CT molecular complexity index is 601. The minimum absolute atomic E-state index is 0.0355. The number of anilines is 1. The summed E-state index contributed by atoms with van der Waals surface area (Å²) in [6.45, 7) is 0. The SMILES string of the molecule is O=C(Nc1ccccc1F)[C@@H]1[C@H](C(=O)O)[C@@H]2C=C[C@H]1O2. The van der Waals surface area contributed by atoms with Crippen LogP contribution >= 0.6 is 0 Å². The number of carboxylic acids is 1. The number of halogens is 1. The number of para-hydroxylation sites is 1. The Labute approximate surface area is 114 Å². The van der Waals surface area contributed by atoms with E-state index in [2.05, 4.69) is 5.32 Å². The van der Waals surface area contributed by atoms with Gasteiger partial charge in [0.25, 0.3) is 0 Å². The van der Waals surface area contributed by atoms with Gasteiger partial charge in [0.1, 0.15) is 11.7 Å². The number of benzene rings is 1. The van der Waals surface area contributed by atoms with Gasteiger partial charge >= 0.3 is 5.97 Å². The first-order valence-corrected chi connectivity index (χ1v) is 6.20. The van der Waals surface area contributed by atoms with Crippen molar-refractivity contribution >= 4 is 17.6 Å². The molecule has 2 aliphatic rings. The predicted molar refractivity (Wildman–Crippen MR) is 67.4 cm³/mol. The molecule has 104 valence electrons. The van der Waals surface area contributed by atoms with Crippen LogP contribution in [0.3, 0.4) is 0 Å². The monoisotopic (exact) mass is 277 g/mol. The topological polar surface area (TPSA) is 75.6 Å². The molecule has 0 saturated carbocycles. The van der Waals surface area contributed by atoms with E-state index in [1.165, 1.54) is 18.2 Å². The average molecular weight is 277 g/mol. The van der Waals surface area contributed by atoms with Crippen molar-refractivity contribution in [3.8, 4) is 0 Å². The average Bonchev–Trinajstić information content (AvgIpc) is 3.01. The van der Waals surface area contributed by atoms with Crippen LogP contribution in [-0.4, -0.2) is 29.2 Å². The van der Waals surface area contributed by atoms with Gasteiger partial charge in [-0.05, 0) is 12.1 Å². The number of carbonyl (C=O) groups excluding carboxylic acids is 1. The fourth-order valence-corrected chi connectivity index (χ4v) is 2.69. The quantitative estimate of drug-likeness (QED) is 0.819. The summed E-state index contributed by atoms with van der Waals surface area (Å²) in [7, 11) is 0. The van der Waals surface area contributed by atoms with E-state index >= 15 is 0 Å². The van der Waals surface area contributed by atoms with E-state index in [9.17, 15) is 19.1 Å². The molecule has 2 heterocycles. The predicted octanol–water partition coefficient (Wildman–Crippen LogP) is 1.42. The van der Waals surface area contributed by atoms with Crippen molar-refractivity contribution in [2.75, 3.05) is 5.32 Å². The standard InChI is InChI=1S/C14H12FNO4/c15-7-3-1-2-4-8(7)16-13(17)11-9-5-6-10(20-9)12(11)14(18)19/h1-6,9-12H,(H,16,17)(H,18,19)/t9-,10+,11+,12-/m1/s1. The van der Waals surface area contributed by atoms with Crippen LogP contribution in [-0.2, 0) is 14.3 Å². The molecule has 0 unspecified atom stereocenters. The normalized spacial score (nSPS) is 30.4. The van der Waals surface area contributed by atoms with Crippen molar-refractivity contribution in [2.45, 2.75) is 12.2 Å². The lowest BCUT2D eigenvalue weighted by Crippen LogP contribution is -2.39. The second kappa shape index (κ2) is 4.72. The van der Waals surface area contributed by atoms with Crippen LogP contribution in [0.4, 0.5) is 10.1 Å². The molecule has 0 aliphatic carbocycles. The van der Waals surface area contributed by atoms with E-state index in [1.807, 2.05) is 0 Å². The minimum atomic E-state index is -1.09. The van der Waals surface area contributed by atoms with Gasteiger partial charge in [0.05, 0.1) is 23.8 Å². The van der Waals surface area contributed by atoms with Crippen LogP contribution < -0.4 is 5.32 Å². The highest BCUT2D eigenvalue weighted by atomic mass is 19.1. The second-order valence-corrected chi connectivity index (χ2v) is 4.81. The number of carboxylic acid groups (broad SMARTS) is 1. The van der Waals surface area contributed by atoms with Crippen molar-refractivity contribution in [1.29, 1.82) is 0 Å². The number of aliphatic carboxylic acids is 1. The van der Waals surface area contributed by atoms with Gasteiger partial charge in [-0.3, -0.25) is 9.59 Å². The Hall–Kier alpha value is -2.21. The molecule has 2 aliphatic heterocycles. The van der Waals surface area contributed by atoms with Crippen molar-refractivity contribution in [1.82, 2.24) is 0 Å². The largest absolute Gasteiger partial charge is 0.481 e. The highest BCUT2D eigenvalue weighted by Gasteiger charge is 2.53. The first kappa shape index (κ1) is 12.8. The maximum absolute atomic E-state index is 13.5. The lowest BCUT2D eigenvalue weighted by atomic mass is 9.82. The van der Waals surface area contributed by atoms with Gasteiger partial charge in [0.2, 0.25) is 5.91 Å². The highest BCUT2D eigenvalue weighted by molar-refractivity contribution is 5.96. The molecule has 20 heavy (non-hydrogen) atoms. The zero-order chi connectivity index (χ0) is 14.3. The van der Waals surface area contributed by atoms with Crippen LogP contribution in [0.2, 0.25) is 0 Å². The minimum Gasteiger partial charge on any atom is -0.481 e. The fourth-order valence-electron chi connectivity index (χ4n) is 2.69. The lowest BCUT2D eigenvalue weighted by molar-refractivity contribution is -0.145. The van der Waals surface area contributed by atoms with Gasteiger partial charge in [-0.1, -0.05) is 24.3 Å². The van der Waals surface area contributed by atoms with Crippen molar-refractivity contribution in [3.05, 3.63) is 42.2 Å². The van der Waals surface area contributed by atoms with Crippen LogP contribution in [0.15, 0.2) is 36.4 Å².